The fourth-order valence-corrected chi connectivity index (χ4v) is 1.66. The Kier molecular flexibility index (Phi) is 4.19. The Bertz CT molecular complexity index is 399. The summed E-state index contributed by atoms with van der Waals surface area (Å²) < 4.78 is 26.7. The van der Waals surface area contributed by atoms with Gasteiger partial charge < -0.3 is 5.32 Å². The van der Waals surface area contributed by atoms with Crippen LogP contribution in [0, 0.1) is 18.6 Å². The summed E-state index contributed by atoms with van der Waals surface area (Å²) in [6, 6.07) is 2.33. The minimum Gasteiger partial charge on any atom is -0.313 e. The van der Waals surface area contributed by atoms with Crippen LogP contribution in [0.5, 0.6) is 0 Å². The van der Waals surface area contributed by atoms with Gasteiger partial charge in [-0.05, 0) is 38.9 Å². The molecule has 0 aliphatic carbocycles. The lowest BCUT2D eigenvalue weighted by atomic mass is 9.98. The second-order valence-corrected chi connectivity index (χ2v) is 4.13. The summed E-state index contributed by atoms with van der Waals surface area (Å²) in [5, 5.41) is 3.01. The van der Waals surface area contributed by atoms with Gasteiger partial charge in [0.1, 0.15) is 11.6 Å². The highest BCUT2D eigenvalue weighted by Gasteiger charge is 2.16. The van der Waals surface area contributed by atoms with Crippen LogP contribution < -0.4 is 5.32 Å². The first-order valence-corrected chi connectivity index (χ1v) is 5.23. The maximum atomic E-state index is 13.6. The highest BCUT2D eigenvalue weighted by molar-refractivity contribution is 5.29. The lowest BCUT2D eigenvalue weighted by Gasteiger charge is -2.18. The fraction of sp³-hybridized carbons (Fsp3) is 0.385. The lowest BCUT2D eigenvalue weighted by molar-refractivity contribution is 0.518. The van der Waals surface area contributed by atoms with Gasteiger partial charge in [-0.15, -0.1) is 6.58 Å². The van der Waals surface area contributed by atoms with Crippen LogP contribution in [0.2, 0.25) is 0 Å². The van der Waals surface area contributed by atoms with E-state index in [1.54, 1.807) is 20.0 Å². The molecule has 0 spiro atoms. The monoisotopic (exact) mass is 225 g/mol. The third-order valence-corrected chi connectivity index (χ3v) is 2.55. The number of aryl methyl sites for hydroxylation is 1. The number of rotatable bonds is 4. The average molecular weight is 225 g/mol. The van der Waals surface area contributed by atoms with Gasteiger partial charge in [-0.1, -0.05) is 5.57 Å². The van der Waals surface area contributed by atoms with E-state index in [2.05, 4.69) is 11.9 Å². The molecule has 0 saturated carbocycles. The van der Waals surface area contributed by atoms with Crippen molar-refractivity contribution in [1.29, 1.82) is 0 Å². The standard InChI is InChI=1S/C13H17F2N/c1-8(2)5-13(16-4)10-6-9(3)11(14)7-12(10)15/h6-7,13,16H,1,5H2,2-4H3. The minimum absolute atomic E-state index is 0.156. The molecule has 1 unspecified atom stereocenters. The molecule has 0 aliphatic rings. The van der Waals surface area contributed by atoms with E-state index in [1.807, 2.05) is 6.92 Å². The molecule has 3 heteroatoms. The van der Waals surface area contributed by atoms with Crippen molar-refractivity contribution < 1.29 is 8.78 Å². The predicted molar refractivity (Wildman–Crippen MR) is 62.3 cm³/mol. The molecule has 0 aliphatic heterocycles. The molecule has 0 aromatic heterocycles. The first-order valence-electron chi connectivity index (χ1n) is 5.23. The first-order chi connectivity index (χ1) is 7.45. The Hall–Kier alpha value is -1.22. The van der Waals surface area contributed by atoms with Crippen LogP contribution in [0.1, 0.15) is 30.5 Å². The van der Waals surface area contributed by atoms with E-state index in [-0.39, 0.29) is 6.04 Å². The molecule has 88 valence electrons. The van der Waals surface area contributed by atoms with Crippen molar-refractivity contribution in [2.45, 2.75) is 26.3 Å². The quantitative estimate of drug-likeness (QED) is 0.773. The summed E-state index contributed by atoms with van der Waals surface area (Å²) in [6.45, 7) is 7.32. The third kappa shape index (κ3) is 2.89. The van der Waals surface area contributed by atoms with Gasteiger partial charge in [0, 0.05) is 17.7 Å². The Morgan fingerprint density at radius 2 is 2.00 bits per heavy atom. The second-order valence-electron chi connectivity index (χ2n) is 4.13. The zero-order valence-electron chi connectivity index (χ0n) is 9.90. The molecule has 1 nitrogen and oxygen atoms in total. The Balaban J connectivity index is 3.09. The van der Waals surface area contributed by atoms with E-state index in [0.717, 1.165) is 11.6 Å². The van der Waals surface area contributed by atoms with Crippen molar-refractivity contribution in [2.24, 2.45) is 0 Å². The summed E-state index contributed by atoms with van der Waals surface area (Å²) in [5.74, 6) is -1.02. The zero-order valence-corrected chi connectivity index (χ0v) is 9.90. The van der Waals surface area contributed by atoms with Crippen molar-refractivity contribution in [3.63, 3.8) is 0 Å². The second kappa shape index (κ2) is 5.21. The smallest absolute Gasteiger partial charge is 0.130 e. The number of hydrogen-bond donors (Lipinski definition) is 1. The van der Waals surface area contributed by atoms with E-state index in [1.165, 1.54) is 0 Å². The number of benzene rings is 1. The summed E-state index contributed by atoms with van der Waals surface area (Å²) in [7, 11) is 1.76. The molecule has 0 amide bonds. The SMILES string of the molecule is C=C(C)CC(NC)c1cc(C)c(F)cc1F. The normalized spacial score (nSPS) is 12.6. The lowest BCUT2D eigenvalue weighted by Crippen LogP contribution is -2.18. The van der Waals surface area contributed by atoms with Crippen molar-refractivity contribution in [1.82, 2.24) is 5.32 Å². The Morgan fingerprint density at radius 3 is 2.50 bits per heavy atom. The topological polar surface area (TPSA) is 12.0 Å². The third-order valence-electron chi connectivity index (χ3n) is 2.55. The van der Waals surface area contributed by atoms with Gasteiger partial charge >= 0.3 is 0 Å². The number of halogens is 2. The van der Waals surface area contributed by atoms with E-state index in [4.69, 9.17) is 0 Å². The maximum absolute atomic E-state index is 13.6. The van der Waals surface area contributed by atoms with Gasteiger partial charge in [0.05, 0.1) is 0 Å². The molecule has 0 radical (unpaired) electrons. The van der Waals surface area contributed by atoms with E-state index in [9.17, 15) is 8.78 Å². The van der Waals surface area contributed by atoms with Crippen LogP contribution in [0.4, 0.5) is 8.78 Å². The van der Waals surface area contributed by atoms with Gasteiger partial charge in [0.25, 0.3) is 0 Å². The molecule has 1 atom stereocenters. The van der Waals surface area contributed by atoms with Gasteiger partial charge in [0.15, 0.2) is 0 Å². The average Bonchev–Trinajstić information content (AvgIpc) is 2.20. The van der Waals surface area contributed by atoms with Gasteiger partial charge in [-0.3, -0.25) is 0 Å². The van der Waals surface area contributed by atoms with Crippen LogP contribution in [0.15, 0.2) is 24.3 Å². The Morgan fingerprint density at radius 1 is 1.38 bits per heavy atom. The number of hydrogen-bond acceptors (Lipinski definition) is 1. The molecule has 1 aromatic carbocycles. The predicted octanol–water partition coefficient (Wildman–Crippen LogP) is 3.50. The fourth-order valence-electron chi connectivity index (χ4n) is 1.66. The maximum Gasteiger partial charge on any atom is 0.130 e. The Labute approximate surface area is 95.2 Å². The van der Waals surface area contributed by atoms with Crippen LogP contribution in [0.3, 0.4) is 0 Å². The molecule has 0 heterocycles. The molecule has 0 saturated heterocycles. The van der Waals surface area contributed by atoms with Crippen molar-refractivity contribution in [3.05, 3.63) is 47.0 Å². The molecular formula is C13H17F2N. The highest BCUT2D eigenvalue weighted by Crippen LogP contribution is 2.25. The van der Waals surface area contributed by atoms with Crippen molar-refractivity contribution in [3.8, 4) is 0 Å². The molecule has 1 rings (SSSR count). The molecular weight excluding hydrogens is 208 g/mol. The summed E-state index contributed by atoms with van der Waals surface area (Å²) in [6.07, 6.45) is 0.637. The first kappa shape index (κ1) is 12.8. The molecule has 1 aromatic rings. The molecule has 0 fully saturated rings. The van der Waals surface area contributed by atoms with E-state index >= 15 is 0 Å². The van der Waals surface area contributed by atoms with Crippen LogP contribution in [-0.4, -0.2) is 7.05 Å². The minimum atomic E-state index is -0.510. The van der Waals surface area contributed by atoms with Gasteiger partial charge in [-0.25, -0.2) is 8.78 Å². The summed E-state index contributed by atoms with van der Waals surface area (Å²) in [4.78, 5) is 0. The molecule has 0 bridgehead atoms. The number of nitrogens with one attached hydrogen (secondary N) is 1. The largest absolute Gasteiger partial charge is 0.313 e. The molecule has 16 heavy (non-hydrogen) atoms. The summed E-state index contributed by atoms with van der Waals surface area (Å²) >= 11 is 0. The van der Waals surface area contributed by atoms with Gasteiger partial charge in [0.2, 0.25) is 0 Å². The van der Waals surface area contributed by atoms with Gasteiger partial charge in [-0.2, -0.15) is 0 Å². The van der Waals surface area contributed by atoms with Crippen molar-refractivity contribution in [2.75, 3.05) is 7.05 Å². The van der Waals surface area contributed by atoms with Crippen LogP contribution >= 0.6 is 0 Å². The van der Waals surface area contributed by atoms with Crippen molar-refractivity contribution >= 4 is 0 Å². The zero-order chi connectivity index (χ0) is 12.3. The van der Waals surface area contributed by atoms with E-state index < -0.39 is 11.6 Å². The summed E-state index contributed by atoms with van der Waals surface area (Å²) in [5.41, 5.74) is 1.91. The molecule has 1 N–H and O–H groups in total. The van der Waals surface area contributed by atoms with Crippen LogP contribution in [0.25, 0.3) is 0 Å². The highest BCUT2D eigenvalue weighted by atomic mass is 19.1. The van der Waals surface area contributed by atoms with E-state index in [0.29, 0.717) is 17.5 Å². The van der Waals surface area contributed by atoms with Crippen LogP contribution in [-0.2, 0) is 0 Å².